The third-order valence-electron chi connectivity index (χ3n) is 4.22. The quantitative estimate of drug-likeness (QED) is 0.777. The summed E-state index contributed by atoms with van der Waals surface area (Å²) in [6.45, 7) is 4.58. The molecule has 1 aromatic rings. The predicted molar refractivity (Wildman–Crippen MR) is 80.4 cm³/mol. The van der Waals surface area contributed by atoms with E-state index >= 15 is 0 Å². The lowest BCUT2D eigenvalue weighted by atomic mass is 10.0. The largest absolute Gasteiger partial charge is 0.446 e. The average molecular weight is 273 g/mol. The summed E-state index contributed by atoms with van der Waals surface area (Å²) in [7, 11) is 0. The second-order valence-electron chi connectivity index (χ2n) is 6.14. The Labute approximate surface area is 120 Å². The highest BCUT2D eigenvalue weighted by Gasteiger charge is 2.25. The number of fused-ring (bicyclic) bond motifs is 2. The van der Waals surface area contributed by atoms with Crippen LogP contribution in [0.2, 0.25) is 0 Å². The zero-order valence-electron chi connectivity index (χ0n) is 12.4. The van der Waals surface area contributed by atoms with Crippen molar-refractivity contribution in [2.45, 2.75) is 58.5 Å². The van der Waals surface area contributed by atoms with Crippen LogP contribution in [0, 0.1) is 0 Å². The smallest absolute Gasteiger partial charge is 0.414 e. The van der Waals surface area contributed by atoms with E-state index in [2.05, 4.69) is 12.1 Å². The molecule has 1 aliphatic carbocycles. The number of hydrogen-bond acceptors (Lipinski definition) is 2. The third-order valence-corrected chi connectivity index (χ3v) is 4.22. The van der Waals surface area contributed by atoms with Gasteiger partial charge in [0.25, 0.3) is 0 Å². The van der Waals surface area contributed by atoms with Gasteiger partial charge in [0.2, 0.25) is 0 Å². The third kappa shape index (κ3) is 2.54. The van der Waals surface area contributed by atoms with Gasteiger partial charge in [0, 0.05) is 6.54 Å². The Kier molecular flexibility index (Phi) is 3.68. The highest BCUT2D eigenvalue weighted by Crippen LogP contribution is 2.33. The van der Waals surface area contributed by atoms with Crippen LogP contribution < -0.4 is 4.90 Å². The molecule has 1 aliphatic heterocycles. The molecule has 0 aromatic heterocycles. The van der Waals surface area contributed by atoms with Crippen LogP contribution in [0.15, 0.2) is 12.1 Å². The number of carbonyl (C=O) groups is 1. The van der Waals surface area contributed by atoms with Crippen molar-refractivity contribution >= 4 is 11.8 Å². The lowest BCUT2D eigenvalue weighted by molar-refractivity contribution is 0.122. The van der Waals surface area contributed by atoms with E-state index < -0.39 is 0 Å². The van der Waals surface area contributed by atoms with Gasteiger partial charge in [-0.3, -0.25) is 4.90 Å². The van der Waals surface area contributed by atoms with Gasteiger partial charge in [-0.1, -0.05) is 6.07 Å². The van der Waals surface area contributed by atoms with Crippen molar-refractivity contribution in [3.8, 4) is 0 Å². The monoisotopic (exact) mass is 273 g/mol. The summed E-state index contributed by atoms with van der Waals surface area (Å²) < 4.78 is 5.41. The first-order valence-electron chi connectivity index (χ1n) is 7.78. The first kappa shape index (κ1) is 13.5. The number of amides is 1. The molecule has 1 aromatic carbocycles. The van der Waals surface area contributed by atoms with E-state index in [-0.39, 0.29) is 12.2 Å². The molecule has 0 bridgehead atoms. The summed E-state index contributed by atoms with van der Waals surface area (Å²) in [6, 6.07) is 4.57. The Bertz CT molecular complexity index is 522. The van der Waals surface area contributed by atoms with Crippen molar-refractivity contribution in [3.05, 3.63) is 28.8 Å². The Balaban J connectivity index is 1.96. The van der Waals surface area contributed by atoms with Crippen molar-refractivity contribution in [3.63, 3.8) is 0 Å². The van der Waals surface area contributed by atoms with Gasteiger partial charge in [0.1, 0.15) is 0 Å². The minimum absolute atomic E-state index is 0.0661. The normalized spacial score (nSPS) is 17.6. The van der Waals surface area contributed by atoms with Crippen LogP contribution in [-0.2, 0) is 24.0 Å². The summed E-state index contributed by atoms with van der Waals surface area (Å²) in [6.07, 6.45) is 6.60. The minimum Gasteiger partial charge on any atom is -0.446 e. The number of rotatable bonds is 1. The minimum atomic E-state index is -0.193. The molecule has 2 aliphatic rings. The van der Waals surface area contributed by atoms with Crippen molar-refractivity contribution in [2.75, 3.05) is 11.4 Å². The molecule has 3 rings (SSSR count). The van der Waals surface area contributed by atoms with Gasteiger partial charge in [-0.25, -0.2) is 4.79 Å². The fourth-order valence-corrected chi connectivity index (χ4v) is 3.27. The lowest BCUT2D eigenvalue weighted by Crippen LogP contribution is -2.34. The van der Waals surface area contributed by atoms with E-state index in [0.29, 0.717) is 0 Å². The molecule has 3 nitrogen and oxygen atoms in total. The number of benzene rings is 1. The first-order chi connectivity index (χ1) is 9.65. The Morgan fingerprint density at radius 3 is 2.50 bits per heavy atom. The summed E-state index contributed by atoms with van der Waals surface area (Å²) in [5.74, 6) is 0. The topological polar surface area (TPSA) is 29.5 Å². The molecule has 0 N–H and O–H groups in total. The predicted octanol–water partition coefficient (Wildman–Crippen LogP) is 3.86. The molecule has 1 amide bonds. The van der Waals surface area contributed by atoms with E-state index in [1.54, 1.807) is 0 Å². The van der Waals surface area contributed by atoms with Gasteiger partial charge in [-0.05, 0) is 75.1 Å². The lowest BCUT2D eigenvalue weighted by Gasteiger charge is -2.24. The first-order valence-corrected chi connectivity index (χ1v) is 7.78. The molecular formula is C17H23NO2. The van der Waals surface area contributed by atoms with Crippen LogP contribution in [0.4, 0.5) is 10.5 Å². The standard InChI is InChI=1S/C17H23NO2/c1-12(2)20-17(19)18-9-4-3-6-15-10-13-7-5-8-14(13)11-16(15)18/h10-12H,3-9H2,1-2H3. The number of ether oxygens (including phenoxy) is 1. The van der Waals surface area contributed by atoms with E-state index in [9.17, 15) is 4.79 Å². The Morgan fingerprint density at radius 2 is 1.75 bits per heavy atom. The number of anilines is 1. The molecule has 108 valence electrons. The van der Waals surface area contributed by atoms with Crippen LogP contribution >= 0.6 is 0 Å². The molecule has 0 fully saturated rings. The Morgan fingerprint density at radius 1 is 1.05 bits per heavy atom. The second kappa shape index (κ2) is 5.47. The maximum atomic E-state index is 12.3. The fraction of sp³-hybridized carbons (Fsp3) is 0.588. The van der Waals surface area contributed by atoms with E-state index in [0.717, 1.165) is 37.9 Å². The van der Waals surface area contributed by atoms with Crippen LogP contribution in [-0.4, -0.2) is 18.7 Å². The number of hydrogen-bond donors (Lipinski definition) is 0. The molecule has 3 heteroatoms. The summed E-state index contributed by atoms with van der Waals surface area (Å²) >= 11 is 0. The molecule has 0 radical (unpaired) electrons. The van der Waals surface area contributed by atoms with Gasteiger partial charge in [-0.15, -0.1) is 0 Å². The SMILES string of the molecule is CC(C)OC(=O)N1CCCCc2cc3c(cc21)CCC3. The van der Waals surface area contributed by atoms with Gasteiger partial charge in [-0.2, -0.15) is 0 Å². The summed E-state index contributed by atoms with van der Waals surface area (Å²) in [5, 5.41) is 0. The van der Waals surface area contributed by atoms with Gasteiger partial charge >= 0.3 is 6.09 Å². The van der Waals surface area contributed by atoms with Crippen molar-refractivity contribution < 1.29 is 9.53 Å². The second-order valence-corrected chi connectivity index (χ2v) is 6.14. The zero-order chi connectivity index (χ0) is 14.1. The van der Waals surface area contributed by atoms with Crippen LogP contribution in [0.1, 0.15) is 49.8 Å². The maximum absolute atomic E-state index is 12.3. The molecule has 0 saturated heterocycles. The summed E-state index contributed by atoms with van der Waals surface area (Å²) in [5.41, 5.74) is 5.33. The molecule has 0 saturated carbocycles. The van der Waals surface area contributed by atoms with Gasteiger partial charge < -0.3 is 4.74 Å². The number of nitrogens with zero attached hydrogens (tertiary/aromatic N) is 1. The maximum Gasteiger partial charge on any atom is 0.414 e. The van der Waals surface area contributed by atoms with Crippen molar-refractivity contribution in [1.29, 1.82) is 0 Å². The number of aryl methyl sites for hydroxylation is 3. The summed E-state index contributed by atoms with van der Waals surface area (Å²) in [4.78, 5) is 14.2. The molecule has 1 heterocycles. The van der Waals surface area contributed by atoms with Gasteiger partial charge in [0.15, 0.2) is 0 Å². The van der Waals surface area contributed by atoms with E-state index in [1.807, 2.05) is 18.7 Å². The Hall–Kier alpha value is -1.51. The highest BCUT2D eigenvalue weighted by atomic mass is 16.6. The molecular weight excluding hydrogens is 250 g/mol. The van der Waals surface area contributed by atoms with Gasteiger partial charge in [0.05, 0.1) is 11.8 Å². The van der Waals surface area contributed by atoms with Crippen LogP contribution in [0.25, 0.3) is 0 Å². The van der Waals surface area contributed by atoms with Crippen molar-refractivity contribution in [2.24, 2.45) is 0 Å². The van der Waals surface area contributed by atoms with Crippen molar-refractivity contribution in [1.82, 2.24) is 0 Å². The molecule has 0 spiro atoms. The van der Waals surface area contributed by atoms with Crippen LogP contribution in [0.3, 0.4) is 0 Å². The van der Waals surface area contributed by atoms with Crippen LogP contribution in [0.5, 0.6) is 0 Å². The zero-order valence-corrected chi connectivity index (χ0v) is 12.4. The fourth-order valence-electron chi connectivity index (χ4n) is 3.27. The van der Waals surface area contributed by atoms with E-state index in [4.69, 9.17) is 4.74 Å². The average Bonchev–Trinajstić information content (AvgIpc) is 2.74. The van der Waals surface area contributed by atoms with E-state index in [1.165, 1.54) is 29.5 Å². The molecule has 20 heavy (non-hydrogen) atoms. The number of carbonyl (C=O) groups excluding carboxylic acids is 1. The molecule has 0 atom stereocenters. The highest BCUT2D eigenvalue weighted by molar-refractivity contribution is 5.89. The molecule has 0 unspecified atom stereocenters.